The molecule has 2 N–H and O–H groups in total. The number of benzene rings is 1. The van der Waals surface area contributed by atoms with E-state index in [0.717, 1.165) is 6.07 Å². The highest BCUT2D eigenvalue weighted by atomic mass is 35.5. The molecule has 0 fully saturated rings. The maximum Gasteiger partial charge on any atom is 0.337 e. The molecule has 5 nitrogen and oxygen atoms in total. The van der Waals surface area contributed by atoms with Crippen LogP contribution in [0, 0.1) is 0 Å². The highest BCUT2D eigenvalue weighted by Crippen LogP contribution is 2.21. The molecule has 0 unspecified atom stereocenters. The van der Waals surface area contributed by atoms with Gasteiger partial charge in [0.15, 0.2) is 9.84 Å². The van der Waals surface area contributed by atoms with E-state index < -0.39 is 15.8 Å². The van der Waals surface area contributed by atoms with E-state index in [1.54, 1.807) is 0 Å². The van der Waals surface area contributed by atoms with E-state index >= 15 is 0 Å². The zero-order valence-corrected chi connectivity index (χ0v) is 11.0. The van der Waals surface area contributed by atoms with Gasteiger partial charge in [-0.05, 0) is 31.0 Å². The van der Waals surface area contributed by atoms with Crippen molar-refractivity contribution < 1.29 is 23.4 Å². The van der Waals surface area contributed by atoms with E-state index in [4.69, 9.17) is 21.8 Å². The molecule has 0 aliphatic carbocycles. The number of carboxylic acid groups (broad SMARTS) is 1. The van der Waals surface area contributed by atoms with Crippen molar-refractivity contribution in [3.05, 3.63) is 28.8 Å². The monoisotopic (exact) mass is 292 g/mol. The molecule has 0 heterocycles. The van der Waals surface area contributed by atoms with Crippen molar-refractivity contribution in [1.82, 2.24) is 0 Å². The second-order valence-corrected chi connectivity index (χ2v) is 6.21. The number of carbonyl (C=O) groups is 1. The van der Waals surface area contributed by atoms with E-state index in [1.807, 2.05) is 0 Å². The topological polar surface area (TPSA) is 91.7 Å². The maximum atomic E-state index is 11.9. The van der Waals surface area contributed by atoms with Crippen molar-refractivity contribution in [2.75, 3.05) is 12.4 Å². The van der Waals surface area contributed by atoms with Gasteiger partial charge in [0.05, 0.1) is 21.2 Å². The lowest BCUT2D eigenvalue weighted by Gasteiger charge is -2.06. The molecule has 0 radical (unpaired) electrons. The second kappa shape index (κ2) is 6.17. The molecule has 1 rings (SSSR count). The number of carboxylic acids is 1. The van der Waals surface area contributed by atoms with E-state index in [2.05, 4.69) is 0 Å². The molecular formula is C11H13ClO5S. The first-order chi connectivity index (χ1) is 8.38. The summed E-state index contributed by atoms with van der Waals surface area (Å²) >= 11 is 5.66. The summed E-state index contributed by atoms with van der Waals surface area (Å²) in [6, 6.07) is 3.59. The third kappa shape index (κ3) is 3.69. The van der Waals surface area contributed by atoms with Gasteiger partial charge >= 0.3 is 5.97 Å². The summed E-state index contributed by atoms with van der Waals surface area (Å²) in [5.74, 6) is -1.40. The van der Waals surface area contributed by atoms with Crippen LogP contribution >= 0.6 is 11.6 Å². The van der Waals surface area contributed by atoms with Crippen LogP contribution in [0.3, 0.4) is 0 Å². The predicted molar refractivity (Wildman–Crippen MR) is 66.8 cm³/mol. The fourth-order valence-electron chi connectivity index (χ4n) is 1.38. The van der Waals surface area contributed by atoms with E-state index in [-0.39, 0.29) is 27.8 Å². The first-order valence-electron chi connectivity index (χ1n) is 5.25. The molecule has 0 atom stereocenters. The molecule has 100 valence electrons. The Kier molecular flexibility index (Phi) is 5.13. The molecular weight excluding hydrogens is 280 g/mol. The Hall–Kier alpha value is -1.11. The summed E-state index contributed by atoms with van der Waals surface area (Å²) in [5.41, 5.74) is -0.236. The molecule has 18 heavy (non-hydrogen) atoms. The molecule has 0 aliphatic rings. The zero-order valence-electron chi connectivity index (χ0n) is 9.47. The van der Waals surface area contributed by atoms with Crippen molar-refractivity contribution in [3.8, 4) is 0 Å². The van der Waals surface area contributed by atoms with Gasteiger partial charge < -0.3 is 10.2 Å². The molecule has 0 saturated carbocycles. The lowest BCUT2D eigenvalue weighted by atomic mass is 10.2. The van der Waals surface area contributed by atoms with Crippen LogP contribution in [0.2, 0.25) is 5.02 Å². The number of sulfone groups is 1. The number of aromatic carboxylic acids is 1. The number of rotatable bonds is 6. The SMILES string of the molecule is O=C(O)c1cc(S(=O)(=O)CCCCO)ccc1Cl. The summed E-state index contributed by atoms with van der Waals surface area (Å²) in [7, 11) is -3.54. The van der Waals surface area contributed by atoms with Gasteiger partial charge in [0.1, 0.15) is 0 Å². The molecule has 0 spiro atoms. The minimum atomic E-state index is -3.54. The van der Waals surface area contributed by atoms with Crippen LogP contribution in [0.1, 0.15) is 23.2 Å². The van der Waals surface area contributed by atoms with Crippen molar-refractivity contribution in [2.24, 2.45) is 0 Å². The average molecular weight is 293 g/mol. The van der Waals surface area contributed by atoms with Crippen LogP contribution < -0.4 is 0 Å². The van der Waals surface area contributed by atoms with Crippen LogP contribution in [0.5, 0.6) is 0 Å². The number of aliphatic hydroxyl groups is 1. The van der Waals surface area contributed by atoms with Gasteiger partial charge in [-0.25, -0.2) is 13.2 Å². The summed E-state index contributed by atoms with van der Waals surface area (Å²) in [4.78, 5) is 10.8. The molecule has 0 aliphatic heterocycles. The first kappa shape index (κ1) is 14.9. The van der Waals surface area contributed by atoms with Gasteiger partial charge in [-0.1, -0.05) is 11.6 Å². The highest BCUT2D eigenvalue weighted by Gasteiger charge is 2.18. The fraction of sp³-hybridized carbons (Fsp3) is 0.364. The minimum Gasteiger partial charge on any atom is -0.478 e. The van der Waals surface area contributed by atoms with Crippen LogP contribution in [-0.4, -0.2) is 37.0 Å². The van der Waals surface area contributed by atoms with Gasteiger partial charge in [0.2, 0.25) is 0 Å². The Morgan fingerprint density at radius 2 is 1.94 bits per heavy atom. The summed E-state index contributed by atoms with van der Waals surface area (Å²) in [5, 5.41) is 17.5. The van der Waals surface area contributed by atoms with E-state index in [0.29, 0.717) is 12.8 Å². The standard InChI is InChI=1S/C11H13ClO5S/c12-10-4-3-8(7-9(10)11(14)15)18(16,17)6-2-1-5-13/h3-4,7,13H,1-2,5-6H2,(H,14,15). The average Bonchev–Trinajstić information content (AvgIpc) is 2.29. The summed E-state index contributed by atoms with van der Waals surface area (Å²) in [6.07, 6.45) is 0.711. The fourth-order valence-corrected chi connectivity index (χ4v) is 2.97. The maximum absolute atomic E-state index is 11.9. The van der Waals surface area contributed by atoms with Gasteiger partial charge in [-0.2, -0.15) is 0 Å². The van der Waals surface area contributed by atoms with Gasteiger partial charge in [0, 0.05) is 6.61 Å². The van der Waals surface area contributed by atoms with Gasteiger partial charge in [-0.3, -0.25) is 0 Å². The Labute approximate surface area is 110 Å². The molecule has 0 saturated heterocycles. The summed E-state index contributed by atoms with van der Waals surface area (Å²) in [6.45, 7) is -0.0729. The first-order valence-corrected chi connectivity index (χ1v) is 7.28. The number of unbranched alkanes of at least 4 members (excludes halogenated alkanes) is 1. The largest absolute Gasteiger partial charge is 0.478 e. The van der Waals surface area contributed by atoms with Crippen LogP contribution in [0.4, 0.5) is 0 Å². The highest BCUT2D eigenvalue weighted by molar-refractivity contribution is 7.91. The normalized spacial score (nSPS) is 11.4. The lowest BCUT2D eigenvalue weighted by molar-refractivity contribution is 0.0697. The molecule has 0 bridgehead atoms. The van der Waals surface area contributed by atoms with Gasteiger partial charge in [-0.15, -0.1) is 0 Å². The number of halogens is 1. The van der Waals surface area contributed by atoms with Crippen LogP contribution in [0.25, 0.3) is 0 Å². The van der Waals surface area contributed by atoms with Crippen LogP contribution in [-0.2, 0) is 9.84 Å². The van der Waals surface area contributed by atoms with E-state index in [1.165, 1.54) is 12.1 Å². The Bertz CT molecular complexity index is 538. The third-order valence-corrected chi connectivity index (χ3v) is 4.48. The predicted octanol–water partition coefficient (Wildman–Crippen LogP) is 1.58. The molecule has 1 aromatic carbocycles. The Morgan fingerprint density at radius 1 is 1.28 bits per heavy atom. The Morgan fingerprint density at radius 3 is 2.50 bits per heavy atom. The number of aliphatic hydroxyl groups excluding tert-OH is 1. The minimum absolute atomic E-state index is 0.00296. The van der Waals surface area contributed by atoms with E-state index in [9.17, 15) is 13.2 Å². The van der Waals surface area contributed by atoms with Crippen molar-refractivity contribution >= 4 is 27.4 Å². The molecule has 1 aromatic rings. The second-order valence-electron chi connectivity index (χ2n) is 3.70. The number of hydrogen-bond donors (Lipinski definition) is 2. The van der Waals surface area contributed by atoms with Crippen LogP contribution in [0.15, 0.2) is 23.1 Å². The van der Waals surface area contributed by atoms with Gasteiger partial charge in [0.25, 0.3) is 0 Å². The van der Waals surface area contributed by atoms with Crippen molar-refractivity contribution in [2.45, 2.75) is 17.7 Å². The number of hydrogen-bond acceptors (Lipinski definition) is 4. The molecule has 7 heteroatoms. The van der Waals surface area contributed by atoms with Crippen molar-refractivity contribution in [1.29, 1.82) is 0 Å². The third-order valence-electron chi connectivity index (χ3n) is 2.35. The lowest BCUT2D eigenvalue weighted by Crippen LogP contribution is -2.09. The van der Waals surface area contributed by atoms with Crippen molar-refractivity contribution in [3.63, 3.8) is 0 Å². The zero-order chi connectivity index (χ0) is 13.8. The smallest absolute Gasteiger partial charge is 0.337 e. The quantitative estimate of drug-likeness (QED) is 0.777. The Balaban J connectivity index is 3.02. The molecule has 0 aromatic heterocycles. The molecule has 0 amide bonds. The summed E-state index contributed by atoms with van der Waals surface area (Å²) < 4.78 is 23.8.